The summed E-state index contributed by atoms with van der Waals surface area (Å²) in [6.07, 6.45) is 7.41. The molecule has 0 bridgehead atoms. The van der Waals surface area contributed by atoms with Crippen molar-refractivity contribution in [1.82, 2.24) is 13.9 Å². The number of imidazole rings is 1. The summed E-state index contributed by atoms with van der Waals surface area (Å²) in [4.78, 5) is 4.03. The summed E-state index contributed by atoms with van der Waals surface area (Å²) in [5.74, 6) is 3.02. The lowest BCUT2D eigenvalue weighted by atomic mass is 10.5. The maximum Gasteiger partial charge on any atom is 0.262 e. The number of terminal acetylenes is 1. The molecule has 0 spiro atoms. The molecule has 0 saturated carbocycles. The van der Waals surface area contributed by atoms with Crippen LogP contribution in [-0.4, -0.2) is 35.4 Å². The lowest BCUT2D eigenvalue weighted by Crippen LogP contribution is -2.32. The zero-order chi connectivity index (χ0) is 13.1. The van der Waals surface area contributed by atoms with Gasteiger partial charge in [-0.1, -0.05) is 12.8 Å². The molecule has 0 fully saturated rings. The van der Waals surface area contributed by atoms with Gasteiger partial charge in [-0.2, -0.15) is 4.31 Å². The average Bonchev–Trinajstić information content (AvgIpc) is 2.59. The molecule has 94 valence electrons. The van der Waals surface area contributed by atoms with Crippen LogP contribution in [0.25, 0.3) is 0 Å². The van der Waals surface area contributed by atoms with Crippen LogP contribution in [0.4, 0.5) is 0 Å². The number of aromatic nitrogens is 2. The number of hydrogen-bond acceptors (Lipinski definition) is 3. The molecular weight excluding hydrogens is 238 g/mol. The van der Waals surface area contributed by atoms with E-state index in [1.54, 1.807) is 18.5 Å². The van der Waals surface area contributed by atoms with Crippen molar-refractivity contribution < 1.29 is 8.42 Å². The predicted molar refractivity (Wildman–Crippen MR) is 65.8 cm³/mol. The smallest absolute Gasteiger partial charge is 0.262 e. The second-order valence-electron chi connectivity index (χ2n) is 3.78. The Labute approximate surface area is 103 Å². The Morgan fingerprint density at radius 1 is 1.59 bits per heavy atom. The van der Waals surface area contributed by atoms with Gasteiger partial charge in [-0.3, -0.25) is 0 Å². The van der Waals surface area contributed by atoms with Gasteiger partial charge in [0.25, 0.3) is 10.0 Å². The highest BCUT2D eigenvalue weighted by atomic mass is 32.2. The number of sulfonamides is 1. The van der Waals surface area contributed by atoms with Gasteiger partial charge >= 0.3 is 0 Å². The van der Waals surface area contributed by atoms with Crippen LogP contribution in [0.3, 0.4) is 0 Å². The van der Waals surface area contributed by atoms with Crippen molar-refractivity contribution >= 4 is 10.0 Å². The third kappa shape index (κ3) is 2.87. The summed E-state index contributed by atoms with van der Waals surface area (Å²) in [6, 6.07) is 0. The van der Waals surface area contributed by atoms with Crippen molar-refractivity contribution in [3.8, 4) is 12.3 Å². The second kappa shape index (κ2) is 5.34. The molecule has 6 heteroatoms. The van der Waals surface area contributed by atoms with E-state index < -0.39 is 10.0 Å². The van der Waals surface area contributed by atoms with Crippen molar-refractivity contribution in [2.45, 2.75) is 25.3 Å². The van der Waals surface area contributed by atoms with Gasteiger partial charge in [0.2, 0.25) is 0 Å². The first-order valence-electron chi connectivity index (χ1n) is 5.37. The van der Waals surface area contributed by atoms with Crippen LogP contribution in [0.15, 0.2) is 11.2 Å². The Morgan fingerprint density at radius 3 is 2.65 bits per heavy atom. The number of nitrogens with zero attached hydrogens (tertiary/aromatic N) is 3. The van der Waals surface area contributed by atoms with Crippen LogP contribution < -0.4 is 0 Å². The molecule has 1 aromatic rings. The highest BCUT2D eigenvalue weighted by molar-refractivity contribution is 7.89. The molecule has 0 aliphatic carbocycles. The van der Waals surface area contributed by atoms with Crippen molar-refractivity contribution in [3.05, 3.63) is 12.0 Å². The Bertz CT molecular complexity index is 506. The van der Waals surface area contributed by atoms with E-state index in [2.05, 4.69) is 10.9 Å². The predicted octanol–water partition coefficient (Wildman–Crippen LogP) is 0.762. The highest BCUT2D eigenvalue weighted by Gasteiger charge is 2.25. The summed E-state index contributed by atoms with van der Waals surface area (Å²) >= 11 is 0. The second-order valence-corrected chi connectivity index (χ2v) is 5.66. The highest BCUT2D eigenvalue weighted by Crippen LogP contribution is 2.14. The monoisotopic (exact) mass is 255 g/mol. The van der Waals surface area contributed by atoms with Gasteiger partial charge in [0, 0.05) is 19.8 Å². The van der Waals surface area contributed by atoms with Gasteiger partial charge in [0.05, 0.1) is 6.54 Å². The Morgan fingerprint density at radius 2 is 2.24 bits per heavy atom. The molecule has 0 saturated heterocycles. The largest absolute Gasteiger partial charge is 0.337 e. The lowest BCUT2D eigenvalue weighted by Gasteiger charge is -2.17. The molecule has 0 amide bonds. The van der Waals surface area contributed by atoms with Crippen LogP contribution in [0.1, 0.15) is 19.2 Å². The van der Waals surface area contributed by atoms with Crippen molar-refractivity contribution in [2.75, 3.05) is 13.1 Å². The van der Waals surface area contributed by atoms with Gasteiger partial charge in [0.15, 0.2) is 5.03 Å². The standard InChI is InChI=1S/C11H17N3O2S/c1-5-7-14(8-6-2)17(15,16)11-9-13(4)10(3)12-11/h1,9H,6-8H2,2-4H3. The summed E-state index contributed by atoms with van der Waals surface area (Å²) in [7, 11) is -1.81. The molecule has 0 aromatic carbocycles. The molecular formula is C11H17N3O2S. The van der Waals surface area contributed by atoms with E-state index in [-0.39, 0.29) is 11.6 Å². The van der Waals surface area contributed by atoms with Gasteiger partial charge in [-0.05, 0) is 13.3 Å². The summed E-state index contributed by atoms with van der Waals surface area (Å²) in [5, 5.41) is 0.0567. The molecule has 17 heavy (non-hydrogen) atoms. The molecule has 0 aliphatic rings. The molecule has 1 rings (SSSR count). The minimum Gasteiger partial charge on any atom is -0.337 e. The SMILES string of the molecule is C#CCN(CCC)S(=O)(=O)c1cn(C)c(C)n1. The lowest BCUT2D eigenvalue weighted by molar-refractivity contribution is 0.443. The molecule has 0 aliphatic heterocycles. The van der Waals surface area contributed by atoms with E-state index in [1.165, 1.54) is 10.5 Å². The summed E-state index contributed by atoms with van der Waals surface area (Å²) in [6.45, 7) is 4.14. The molecule has 1 heterocycles. The molecule has 0 unspecified atom stereocenters. The van der Waals surface area contributed by atoms with Crippen LogP contribution in [0.2, 0.25) is 0 Å². The topological polar surface area (TPSA) is 55.2 Å². The first-order valence-corrected chi connectivity index (χ1v) is 6.81. The normalized spacial score (nSPS) is 11.7. The fourth-order valence-corrected chi connectivity index (χ4v) is 2.89. The van der Waals surface area contributed by atoms with E-state index in [4.69, 9.17) is 6.42 Å². The van der Waals surface area contributed by atoms with Crippen LogP contribution >= 0.6 is 0 Å². The minimum atomic E-state index is -3.57. The van der Waals surface area contributed by atoms with Gasteiger partial charge in [-0.15, -0.1) is 6.42 Å². The van der Waals surface area contributed by atoms with Crippen molar-refractivity contribution in [3.63, 3.8) is 0 Å². The number of aryl methyl sites for hydroxylation is 2. The Hall–Kier alpha value is -1.32. The zero-order valence-corrected chi connectivity index (χ0v) is 11.2. The third-order valence-electron chi connectivity index (χ3n) is 2.43. The average molecular weight is 255 g/mol. The maximum absolute atomic E-state index is 12.2. The van der Waals surface area contributed by atoms with E-state index in [9.17, 15) is 8.42 Å². The van der Waals surface area contributed by atoms with E-state index in [0.29, 0.717) is 18.8 Å². The zero-order valence-electron chi connectivity index (χ0n) is 10.3. The molecule has 5 nitrogen and oxygen atoms in total. The summed E-state index contributed by atoms with van der Waals surface area (Å²) in [5.41, 5.74) is 0. The Balaban J connectivity index is 3.12. The van der Waals surface area contributed by atoms with E-state index >= 15 is 0 Å². The first-order chi connectivity index (χ1) is 7.93. The van der Waals surface area contributed by atoms with Crippen LogP contribution in [0, 0.1) is 19.3 Å². The van der Waals surface area contributed by atoms with Crippen molar-refractivity contribution in [2.24, 2.45) is 7.05 Å². The Kier molecular flexibility index (Phi) is 4.32. The molecule has 0 N–H and O–H groups in total. The van der Waals surface area contributed by atoms with Gasteiger partial charge < -0.3 is 4.57 Å². The van der Waals surface area contributed by atoms with Crippen molar-refractivity contribution in [1.29, 1.82) is 0 Å². The summed E-state index contributed by atoms with van der Waals surface area (Å²) < 4.78 is 27.4. The third-order valence-corrected chi connectivity index (χ3v) is 4.15. The van der Waals surface area contributed by atoms with Gasteiger partial charge in [0.1, 0.15) is 5.82 Å². The maximum atomic E-state index is 12.2. The molecule has 1 aromatic heterocycles. The first kappa shape index (κ1) is 13.7. The quantitative estimate of drug-likeness (QED) is 0.730. The minimum absolute atomic E-state index is 0.0567. The van der Waals surface area contributed by atoms with Crippen LogP contribution in [0.5, 0.6) is 0 Å². The fourth-order valence-electron chi connectivity index (χ4n) is 1.42. The molecule has 0 radical (unpaired) electrons. The van der Waals surface area contributed by atoms with Gasteiger partial charge in [-0.25, -0.2) is 13.4 Å². The van der Waals surface area contributed by atoms with E-state index in [0.717, 1.165) is 0 Å². The molecule has 0 atom stereocenters. The van der Waals surface area contributed by atoms with Crippen LogP contribution in [-0.2, 0) is 17.1 Å². The fraction of sp³-hybridized carbons (Fsp3) is 0.545. The van der Waals surface area contributed by atoms with E-state index in [1.807, 2.05) is 6.92 Å². The number of hydrogen-bond donors (Lipinski definition) is 0. The number of rotatable bonds is 5.